The van der Waals surface area contributed by atoms with Crippen molar-refractivity contribution in [3.63, 3.8) is 0 Å². The molecule has 5 aromatic rings. The molecule has 4 N–H and O–H groups in total. The monoisotopic (exact) mass is 604 g/mol. The quantitative estimate of drug-likeness (QED) is 0.208. The summed E-state index contributed by atoms with van der Waals surface area (Å²) in [6.45, 7) is 4.43. The number of nitrogens with zero attached hydrogens (tertiary/aromatic N) is 3. The van der Waals surface area contributed by atoms with E-state index in [-0.39, 0.29) is 34.5 Å². The van der Waals surface area contributed by atoms with Crippen LogP contribution in [0.1, 0.15) is 40.0 Å². The van der Waals surface area contributed by atoms with Crippen LogP contribution in [-0.4, -0.2) is 52.4 Å². The van der Waals surface area contributed by atoms with Gasteiger partial charge in [-0.25, -0.2) is 22.5 Å². The van der Waals surface area contributed by atoms with Crippen molar-refractivity contribution in [2.45, 2.75) is 31.9 Å². The van der Waals surface area contributed by atoms with E-state index >= 15 is 0 Å². The summed E-state index contributed by atoms with van der Waals surface area (Å²) in [6.07, 6.45) is 3.74. The summed E-state index contributed by atoms with van der Waals surface area (Å²) in [4.78, 5) is 20.8. The van der Waals surface area contributed by atoms with Gasteiger partial charge >= 0.3 is 0 Å². The van der Waals surface area contributed by atoms with Crippen LogP contribution in [0.4, 0.5) is 15.9 Å². The van der Waals surface area contributed by atoms with Gasteiger partial charge in [-0.05, 0) is 68.1 Å². The van der Waals surface area contributed by atoms with E-state index in [4.69, 9.17) is 15.2 Å². The Balaban J connectivity index is 1.24. The van der Waals surface area contributed by atoms with E-state index in [9.17, 15) is 17.6 Å². The van der Waals surface area contributed by atoms with E-state index in [0.717, 1.165) is 10.9 Å². The van der Waals surface area contributed by atoms with E-state index in [2.05, 4.69) is 19.8 Å². The van der Waals surface area contributed by atoms with Crippen LogP contribution >= 0.6 is 0 Å². The Morgan fingerprint density at radius 3 is 2.63 bits per heavy atom. The molecule has 4 heterocycles. The fraction of sp³-hybridized carbons (Fsp3) is 0.233. The summed E-state index contributed by atoms with van der Waals surface area (Å²) in [6, 6.07) is 12.8. The summed E-state index contributed by atoms with van der Waals surface area (Å²) in [7, 11) is -3.60. The number of aryl methyl sites for hydroxylation is 2. The van der Waals surface area contributed by atoms with E-state index < -0.39 is 21.1 Å². The Labute approximate surface area is 246 Å². The number of carbonyl (C=O) groups is 1. The van der Waals surface area contributed by atoms with Gasteiger partial charge < -0.3 is 20.2 Å². The van der Waals surface area contributed by atoms with Crippen LogP contribution in [0.2, 0.25) is 0 Å². The number of anilines is 2. The Morgan fingerprint density at radius 1 is 1.12 bits per heavy atom. The minimum Gasteiger partial charge on any atom is -0.436 e. The first-order valence-corrected chi connectivity index (χ1v) is 15.2. The molecule has 0 amide bonds. The number of hydrogen-bond acceptors (Lipinski definition) is 8. The second kappa shape index (κ2) is 11.2. The third-order valence-corrected chi connectivity index (χ3v) is 9.31. The minimum atomic E-state index is -3.60. The maximum absolute atomic E-state index is 14.0. The number of aromatic amines is 1. The number of H-pyrrole nitrogens is 1. The standard InChI is InChI=1S/C30H29FN6O5S/c1-17-11-19-13-25(35-24(19)14-23(17)36-43(39,40)20-7-9-41-10-8-20)29(38)21-15-34-37(30(21)32)26-16-33-28(12-18(26)2)42-27-6-4-3-5-22(27)31/h3-6,11-16,20,35-36H,7-10,32H2,1-2H3. The molecule has 43 heavy (non-hydrogen) atoms. The van der Waals surface area contributed by atoms with Crippen molar-refractivity contribution < 1.29 is 27.1 Å². The Hall–Kier alpha value is -4.75. The van der Waals surface area contributed by atoms with Crippen LogP contribution in [0.25, 0.3) is 16.6 Å². The molecule has 0 radical (unpaired) electrons. The maximum atomic E-state index is 14.0. The SMILES string of the molecule is Cc1cc2cc(C(=O)c3cnn(-c4cnc(Oc5ccccc5F)cc4C)c3N)[nH]c2cc1NS(=O)(=O)C1CCOCC1. The molecule has 0 bridgehead atoms. The van der Waals surface area contributed by atoms with Gasteiger partial charge in [0.2, 0.25) is 21.7 Å². The first-order chi connectivity index (χ1) is 20.6. The molecule has 6 rings (SSSR count). The lowest BCUT2D eigenvalue weighted by Crippen LogP contribution is -2.33. The molecule has 1 aliphatic rings. The number of para-hydroxylation sites is 1. The summed E-state index contributed by atoms with van der Waals surface area (Å²) < 4.78 is 54.9. The number of carbonyl (C=O) groups excluding carboxylic acids is 1. The number of ether oxygens (including phenoxy) is 2. The number of sulfonamides is 1. The Morgan fingerprint density at radius 2 is 1.88 bits per heavy atom. The molecular formula is C30H29FN6O5S. The van der Waals surface area contributed by atoms with Crippen LogP contribution in [0.3, 0.4) is 0 Å². The summed E-state index contributed by atoms with van der Waals surface area (Å²) in [5.74, 6) is -0.545. The van der Waals surface area contributed by atoms with Crippen molar-refractivity contribution in [1.82, 2.24) is 19.7 Å². The molecular weight excluding hydrogens is 575 g/mol. The zero-order valence-corrected chi connectivity index (χ0v) is 24.2. The highest BCUT2D eigenvalue weighted by Crippen LogP contribution is 2.30. The smallest absolute Gasteiger partial charge is 0.235 e. The average molecular weight is 605 g/mol. The van der Waals surface area contributed by atoms with Crippen molar-refractivity contribution in [2.24, 2.45) is 0 Å². The lowest BCUT2D eigenvalue weighted by Gasteiger charge is -2.23. The molecule has 1 saturated heterocycles. The first-order valence-electron chi connectivity index (χ1n) is 13.6. The summed E-state index contributed by atoms with van der Waals surface area (Å²) in [5, 5.41) is 4.54. The molecule has 11 nitrogen and oxygen atoms in total. The normalized spacial score (nSPS) is 14.2. The third kappa shape index (κ3) is 5.56. The predicted molar refractivity (Wildman–Crippen MR) is 160 cm³/mol. The minimum absolute atomic E-state index is 0.0472. The molecule has 3 aromatic heterocycles. The topological polar surface area (TPSA) is 154 Å². The van der Waals surface area contributed by atoms with E-state index in [0.29, 0.717) is 48.5 Å². The lowest BCUT2D eigenvalue weighted by molar-refractivity contribution is 0.0984. The Bertz CT molecular complexity index is 1960. The van der Waals surface area contributed by atoms with Gasteiger partial charge in [-0.1, -0.05) is 12.1 Å². The van der Waals surface area contributed by atoms with Gasteiger partial charge in [0.25, 0.3) is 0 Å². The van der Waals surface area contributed by atoms with Crippen molar-refractivity contribution in [3.05, 3.63) is 89.1 Å². The predicted octanol–water partition coefficient (Wildman–Crippen LogP) is 5.03. The maximum Gasteiger partial charge on any atom is 0.235 e. The second-order valence-corrected chi connectivity index (χ2v) is 12.4. The average Bonchev–Trinajstić information content (AvgIpc) is 3.57. The van der Waals surface area contributed by atoms with Crippen LogP contribution < -0.4 is 15.2 Å². The molecule has 0 atom stereocenters. The number of aromatic nitrogens is 4. The molecule has 0 saturated carbocycles. The van der Waals surface area contributed by atoms with E-state index in [1.54, 1.807) is 44.2 Å². The fourth-order valence-electron chi connectivity index (χ4n) is 5.06. The molecule has 0 unspecified atom stereocenters. The molecule has 0 aliphatic carbocycles. The summed E-state index contributed by atoms with van der Waals surface area (Å²) in [5.41, 5.74) is 9.79. The van der Waals surface area contributed by atoms with Gasteiger partial charge in [0.05, 0.1) is 40.3 Å². The number of nitrogens with one attached hydrogen (secondary N) is 2. The first kappa shape index (κ1) is 28.4. The number of pyridine rings is 1. The highest BCUT2D eigenvalue weighted by Gasteiger charge is 2.28. The van der Waals surface area contributed by atoms with Crippen molar-refractivity contribution in [2.75, 3.05) is 23.7 Å². The summed E-state index contributed by atoms with van der Waals surface area (Å²) >= 11 is 0. The van der Waals surface area contributed by atoms with Crippen LogP contribution in [0.5, 0.6) is 11.6 Å². The number of ketones is 1. The molecule has 13 heteroatoms. The van der Waals surface area contributed by atoms with Gasteiger partial charge in [-0.2, -0.15) is 5.10 Å². The lowest BCUT2D eigenvalue weighted by atomic mass is 10.1. The van der Waals surface area contributed by atoms with Crippen molar-refractivity contribution >= 4 is 38.2 Å². The molecule has 0 spiro atoms. The van der Waals surface area contributed by atoms with Crippen LogP contribution in [-0.2, 0) is 14.8 Å². The van der Waals surface area contributed by atoms with Gasteiger partial charge in [0, 0.05) is 30.2 Å². The number of hydrogen-bond donors (Lipinski definition) is 3. The number of nitrogen functional groups attached to an aromatic ring is 1. The number of nitrogens with two attached hydrogens (primary N) is 1. The van der Waals surface area contributed by atoms with Gasteiger partial charge in [-0.3, -0.25) is 9.52 Å². The van der Waals surface area contributed by atoms with Crippen molar-refractivity contribution in [1.29, 1.82) is 0 Å². The van der Waals surface area contributed by atoms with Crippen LogP contribution in [0, 0.1) is 19.7 Å². The highest BCUT2D eigenvalue weighted by atomic mass is 32.2. The Kier molecular flexibility index (Phi) is 7.36. The third-order valence-electron chi connectivity index (χ3n) is 7.46. The zero-order valence-electron chi connectivity index (χ0n) is 23.4. The molecule has 1 fully saturated rings. The molecule has 1 aliphatic heterocycles. The number of rotatable bonds is 8. The van der Waals surface area contributed by atoms with E-state index in [1.165, 1.54) is 29.2 Å². The number of halogens is 1. The largest absolute Gasteiger partial charge is 0.436 e. The van der Waals surface area contributed by atoms with Crippen LogP contribution in [0.15, 0.2) is 60.9 Å². The van der Waals surface area contributed by atoms with Crippen molar-refractivity contribution in [3.8, 4) is 17.3 Å². The van der Waals surface area contributed by atoms with Gasteiger partial charge in [0.15, 0.2) is 11.6 Å². The molecule has 2 aromatic carbocycles. The van der Waals surface area contributed by atoms with E-state index in [1.807, 2.05) is 6.07 Å². The van der Waals surface area contributed by atoms with Gasteiger partial charge in [0.1, 0.15) is 5.82 Å². The number of benzene rings is 2. The molecule has 222 valence electrons. The highest BCUT2D eigenvalue weighted by molar-refractivity contribution is 7.93. The fourth-order valence-corrected chi connectivity index (χ4v) is 6.57. The zero-order chi connectivity index (χ0) is 30.3. The van der Waals surface area contributed by atoms with Gasteiger partial charge in [-0.15, -0.1) is 0 Å². The second-order valence-electron chi connectivity index (χ2n) is 10.4. The number of fused-ring (bicyclic) bond motifs is 1.